The highest BCUT2D eigenvalue weighted by atomic mass is 15.1. The number of para-hydroxylation sites is 2. The number of nitrogens with zero attached hydrogens (tertiary/aromatic N) is 3. The predicted molar refractivity (Wildman–Crippen MR) is 90.4 cm³/mol. The van der Waals surface area contributed by atoms with E-state index in [2.05, 4.69) is 56.9 Å². The molecule has 0 aliphatic carbocycles. The van der Waals surface area contributed by atoms with E-state index in [9.17, 15) is 0 Å². The summed E-state index contributed by atoms with van der Waals surface area (Å²) in [6, 6.07) is 16.7. The normalized spacial score (nSPS) is 11.4. The molecule has 3 aromatic rings. The van der Waals surface area contributed by atoms with E-state index in [4.69, 9.17) is 0 Å². The SMILES string of the molecule is CN(C)c1ccc(C=Cc2nc3ccccc3n2C)cc1. The Hall–Kier alpha value is -2.55. The average Bonchev–Trinajstić information content (AvgIpc) is 2.82. The minimum atomic E-state index is 0.966. The van der Waals surface area contributed by atoms with E-state index >= 15 is 0 Å². The summed E-state index contributed by atoms with van der Waals surface area (Å²) in [7, 11) is 6.14. The van der Waals surface area contributed by atoms with Crippen LogP contribution in [0.1, 0.15) is 11.4 Å². The smallest absolute Gasteiger partial charge is 0.133 e. The van der Waals surface area contributed by atoms with Crippen molar-refractivity contribution in [3.63, 3.8) is 0 Å². The number of imidazole rings is 1. The lowest BCUT2D eigenvalue weighted by atomic mass is 10.2. The highest BCUT2D eigenvalue weighted by Crippen LogP contribution is 2.17. The number of hydrogen-bond acceptors (Lipinski definition) is 2. The molecule has 21 heavy (non-hydrogen) atoms. The van der Waals surface area contributed by atoms with Crippen LogP contribution in [-0.4, -0.2) is 23.6 Å². The van der Waals surface area contributed by atoms with E-state index in [0.717, 1.165) is 16.9 Å². The van der Waals surface area contributed by atoms with E-state index in [-0.39, 0.29) is 0 Å². The summed E-state index contributed by atoms with van der Waals surface area (Å²) >= 11 is 0. The van der Waals surface area contributed by atoms with Crippen molar-refractivity contribution in [2.24, 2.45) is 7.05 Å². The summed E-state index contributed by atoms with van der Waals surface area (Å²) in [4.78, 5) is 6.74. The maximum atomic E-state index is 4.64. The summed E-state index contributed by atoms with van der Waals surface area (Å²) in [6.45, 7) is 0. The van der Waals surface area contributed by atoms with Crippen molar-refractivity contribution in [3.05, 3.63) is 59.9 Å². The Bertz CT molecular complexity index is 780. The Balaban J connectivity index is 1.89. The second-order valence-corrected chi connectivity index (χ2v) is 5.34. The van der Waals surface area contributed by atoms with Gasteiger partial charge in [-0.3, -0.25) is 0 Å². The monoisotopic (exact) mass is 277 g/mol. The van der Waals surface area contributed by atoms with Crippen molar-refractivity contribution < 1.29 is 0 Å². The molecule has 2 aromatic carbocycles. The quantitative estimate of drug-likeness (QED) is 0.726. The molecule has 0 saturated heterocycles. The lowest BCUT2D eigenvalue weighted by Crippen LogP contribution is -2.07. The molecule has 0 radical (unpaired) electrons. The third-order valence-electron chi connectivity index (χ3n) is 3.66. The standard InChI is InChI=1S/C18H19N3/c1-20(2)15-11-8-14(9-12-15)10-13-18-19-16-6-4-5-7-17(16)21(18)3/h4-13H,1-3H3. The first-order chi connectivity index (χ1) is 10.1. The van der Waals surface area contributed by atoms with Crippen LogP contribution in [0.4, 0.5) is 5.69 Å². The van der Waals surface area contributed by atoms with Crippen LogP contribution in [0.2, 0.25) is 0 Å². The number of aromatic nitrogens is 2. The summed E-state index contributed by atoms with van der Waals surface area (Å²) in [6.07, 6.45) is 4.16. The van der Waals surface area contributed by atoms with Gasteiger partial charge in [-0.1, -0.05) is 30.3 Å². The van der Waals surface area contributed by atoms with Gasteiger partial charge in [0.1, 0.15) is 5.82 Å². The fourth-order valence-electron chi connectivity index (χ4n) is 2.37. The van der Waals surface area contributed by atoms with Gasteiger partial charge in [0.25, 0.3) is 0 Å². The van der Waals surface area contributed by atoms with Gasteiger partial charge in [-0.15, -0.1) is 0 Å². The zero-order chi connectivity index (χ0) is 14.8. The Morgan fingerprint density at radius 2 is 1.67 bits per heavy atom. The molecular weight excluding hydrogens is 258 g/mol. The predicted octanol–water partition coefficient (Wildman–Crippen LogP) is 3.81. The summed E-state index contributed by atoms with van der Waals surface area (Å²) in [5.74, 6) is 0.966. The van der Waals surface area contributed by atoms with Gasteiger partial charge in [0.15, 0.2) is 0 Å². The third kappa shape index (κ3) is 2.68. The van der Waals surface area contributed by atoms with Gasteiger partial charge in [0.2, 0.25) is 0 Å². The van der Waals surface area contributed by atoms with Gasteiger partial charge in [0.05, 0.1) is 11.0 Å². The number of hydrogen-bond donors (Lipinski definition) is 0. The number of rotatable bonds is 3. The molecule has 1 aromatic heterocycles. The summed E-state index contributed by atoms with van der Waals surface area (Å²) in [5.41, 5.74) is 4.56. The van der Waals surface area contributed by atoms with Gasteiger partial charge in [0, 0.05) is 26.8 Å². The molecule has 0 N–H and O–H groups in total. The molecular formula is C18H19N3. The number of aryl methyl sites for hydroxylation is 1. The first kappa shape index (κ1) is 13.4. The zero-order valence-corrected chi connectivity index (χ0v) is 12.6. The molecule has 0 unspecified atom stereocenters. The van der Waals surface area contributed by atoms with Crippen LogP contribution in [0.5, 0.6) is 0 Å². The fourth-order valence-corrected chi connectivity index (χ4v) is 2.37. The van der Waals surface area contributed by atoms with E-state index in [1.807, 2.05) is 39.3 Å². The van der Waals surface area contributed by atoms with E-state index in [0.29, 0.717) is 0 Å². The van der Waals surface area contributed by atoms with Gasteiger partial charge in [-0.2, -0.15) is 0 Å². The van der Waals surface area contributed by atoms with Crippen molar-refractivity contribution in [2.45, 2.75) is 0 Å². The number of anilines is 1. The van der Waals surface area contributed by atoms with Crippen molar-refractivity contribution in [1.82, 2.24) is 9.55 Å². The molecule has 0 aliphatic rings. The lowest BCUT2D eigenvalue weighted by molar-refractivity contribution is 0.930. The van der Waals surface area contributed by atoms with Crippen LogP contribution in [-0.2, 0) is 7.05 Å². The van der Waals surface area contributed by atoms with Crippen LogP contribution < -0.4 is 4.90 Å². The lowest BCUT2D eigenvalue weighted by Gasteiger charge is -2.11. The molecule has 0 atom stereocenters. The summed E-state index contributed by atoms with van der Waals surface area (Å²) < 4.78 is 2.11. The minimum Gasteiger partial charge on any atom is -0.378 e. The largest absolute Gasteiger partial charge is 0.378 e. The van der Waals surface area contributed by atoms with Crippen LogP contribution in [0.25, 0.3) is 23.2 Å². The van der Waals surface area contributed by atoms with Crippen LogP contribution in [0.15, 0.2) is 48.5 Å². The highest BCUT2D eigenvalue weighted by molar-refractivity contribution is 5.79. The average molecular weight is 277 g/mol. The second-order valence-electron chi connectivity index (χ2n) is 5.34. The van der Waals surface area contributed by atoms with Crippen molar-refractivity contribution in [2.75, 3.05) is 19.0 Å². The Morgan fingerprint density at radius 3 is 2.33 bits per heavy atom. The van der Waals surface area contributed by atoms with Gasteiger partial charge >= 0.3 is 0 Å². The highest BCUT2D eigenvalue weighted by Gasteiger charge is 2.03. The van der Waals surface area contributed by atoms with Crippen molar-refractivity contribution in [3.8, 4) is 0 Å². The molecule has 3 heteroatoms. The maximum absolute atomic E-state index is 4.64. The van der Waals surface area contributed by atoms with Gasteiger partial charge in [-0.05, 0) is 35.9 Å². The Kier molecular flexibility index (Phi) is 3.48. The molecule has 0 bridgehead atoms. The van der Waals surface area contributed by atoms with Crippen molar-refractivity contribution in [1.29, 1.82) is 0 Å². The molecule has 0 fully saturated rings. The molecule has 0 spiro atoms. The molecule has 1 heterocycles. The maximum Gasteiger partial charge on any atom is 0.133 e. The van der Waals surface area contributed by atoms with E-state index in [1.165, 1.54) is 11.3 Å². The molecule has 106 valence electrons. The van der Waals surface area contributed by atoms with Crippen LogP contribution >= 0.6 is 0 Å². The second kappa shape index (κ2) is 5.44. The number of fused-ring (bicyclic) bond motifs is 1. The first-order valence-electron chi connectivity index (χ1n) is 7.02. The Labute approximate surface area is 125 Å². The minimum absolute atomic E-state index is 0.966. The third-order valence-corrected chi connectivity index (χ3v) is 3.66. The van der Waals surface area contributed by atoms with Crippen LogP contribution in [0.3, 0.4) is 0 Å². The molecule has 3 rings (SSSR count). The molecule has 3 nitrogen and oxygen atoms in total. The van der Waals surface area contributed by atoms with E-state index in [1.54, 1.807) is 0 Å². The topological polar surface area (TPSA) is 21.1 Å². The van der Waals surface area contributed by atoms with Gasteiger partial charge < -0.3 is 9.47 Å². The zero-order valence-electron chi connectivity index (χ0n) is 12.6. The van der Waals surface area contributed by atoms with Crippen molar-refractivity contribution >= 4 is 28.9 Å². The molecule has 0 aliphatic heterocycles. The van der Waals surface area contributed by atoms with E-state index < -0.39 is 0 Å². The molecule has 0 amide bonds. The van der Waals surface area contributed by atoms with Crippen LogP contribution in [0, 0.1) is 0 Å². The number of benzene rings is 2. The van der Waals surface area contributed by atoms with Gasteiger partial charge in [-0.25, -0.2) is 4.98 Å². The molecule has 0 saturated carbocycles. The Morgan fingerprint density at radius 1 is 0.952 bits per heavy atom. The first-order valence-corrected chi connectivity index (χ1v) is 7.02. The fraction of sp³-hybridized carbons (Fsp3) is 0.167. The summed E-state index contributed by atoms with van der Waals surface area (Å²) in [5, 5.41) is 0.